The quantitative estimate of drug-likeness (QED) is 0.806. The third-order valence-corrected chi connectivity index (χ3v) is 3.85. The number of aromatic nitrogens is 4. The zero-order valence-corrected chi connectivity index (χ0v) is 13.4. The van der Waals surface area contributed by atoms with Crippen molar-refractivity contribution in [2.24, 2.45) is 7.05 Å². The summed E-state index contributed by atoms with van der Waals surface area (Å²) in [5.41, 5.74) is 3.05. The van der Waals surface area contributed by atoms with Crippen molar-refractivity contribution in [2.45, 2.75) is 19.9 Å². The summed E-state index contributed by atoms with van der Waals surface area (Å²) in [4.78, 5) is 12.4. The van der Waals surface area contributed by atoms with Crippen LogP contribution in [-0.2, 0) is 11.8 Å². The molecular weight excluding hydrogens is 290 g/mol. The second kappa shape index (κ2) is 6.08. The van der Waals surface area contributed by atoms with E-state index in [0.29, 0.717) is 5.82 Å². The predicted octanol–water partition coefficient (Wildman–Crippen LogP) is 2.79. The van der Waals surface area contributed by atoms with Gasteiger partial charge in [-0.15, -0.1) is 0 Å². The summed E-state index contributed by atoms with van der Waals surface area (Å²) in [5.74, 6) is 0.406. The molecule has 0 bridgehead atoms. The zero-order valence-electron chi connectivity index (χ0n) is 13.4. The van der Waals surface area contributed by atoms with Crippen LogP contribution in [0.15, 0.2) is 48.8 Å². The molecule has 1 aromatic carbocycles. The van der Waals surface area contributed by atoms with Crippen molar-refractivity contribution in [3.05, 3.63) is 54.5 Å². The highest BCUT2D eigenvalue weighted by Gasteiger charge is 2.17. The van der Waals surface area contributed by atoms with Crippen molar-refractivity contribution in [1.29, 1.82) is 0 Å². The van der Waals surface area contributed by atoms with Gasteiger partial charge < -0.3 is 5.32 Å². The lowest BCUT2D eigenvalue weighted by Crippen LogP contribution is -2.24. The van der Waals surface area contributed by atoms with Gasteiger partial charge in [-0.25, -0.2) is 0 Å². The van der Waals surface area contributed by atoms with Crippen molar-refractivity contribution in [3.8, 4) is 11.1 Å². The Morgan fingerprint density at radius 1 is 1.22 bits per heavy atom. The topological polar surface area (TPSA) is 64.7 Å². The van der Waals surface area contributed by atoms with E-state index in [4.69, 9.17) is 0 Å². The Hall–Kier alpha value is -2.89. The van der Waals surface area contributed by atoms with E-state index in [-0.39, 0.29) is 5.91 Å². The molecule has 1 unspecified atom stereocenters. The normalized spacial score (nSPS) is 12.1. The van der Waals surface area contributed by atoms with Gasteiger partial charge in [-0.3, -0.25) is 14.2 Å². The molecule has 0 fully saturated rings. The van der Waals surface area contributed by atoms with Gasteiger partial charge in [-0.1, -0.05) is 30.3 Å². The molecule has 0 saturated carbocycles. The number of hydrogen-bond acceptors (Lipinski definition) is 3. The standard InChI is InChI=1S/C17H19N5O/c1-12-9-16(20-21(12)3)19-17(23)13(2)22-11-15(10-18-22)14-7-5-4-6-8-14/h4-11,13H,1-3H3,(H,19,20,23). The van der Waals surface area contributed by atoms with E-state index < -0.39 is 6.04 Å². The average Bonchev–Trinajstić information content (AvgIpc) is 3.15. The maximum absolute atomic E-state index is 12.4. The molecule has 1 amide bonds. The second-order valence-electron chi connectivity index (χ2n) is 5.53. The number of nitrogens with one attached hydrogen (secondary N) is 1. The number of nitrogens with zero attached hydrogens (tertiary/aromatic N) is 4. The highest BCUT2D eigenvalue weighted by Crippen LogP contribution is 2.20. The minimum Gasteiger partial charge on any atom is -0.307 e. The van der Waals surface area contributed by atoms with Crippen LogP contribution in [0.2, 0.25) is 0 Å². The Kier molecular flexibility index (Phi) is 3.97. The van der Waals surface area contributed by atoms with Crippen LogP contribution in [0.5, 0.6) is 0 Å². The number of hydrogen-bond donors (Lipinski definition) is 1. The Bertz CT molecular complexity index is 799. The number of carbonyl (C=O) groups excluding carboxylic acids is 1. The molecule has 0 aliphatic rings. The lowest BCUT2D eigenvalue weighted by molar-refractivity contribution is -0.119. The number of amides is 1. The molecule has 0 aliphatic carbocycles. The van der Waals surface area contributed by atoms with E-state index in [0.717, 1.165) is 16.8 Å². The summed E-state index contributed by atoms with van der Waals surface area (Å²) in [5, 5.41) is 11.4. The number of anilines is 1. The third-order valence-electron chi connectivity index (χ3n) is 3.85. The molecule has 1 atom stereocenters. The highest BCUT2D eigenvalue weighted by atomic mass is 16.2. The molecule has 3 aromatic rings. The first-order valence-corrected chi connectivity index (χ1v) is 7.45. The SMILES string of the molecule is Cc1cc(NC(=O)C(C)n2cc(-c3ccccc3)cn2)nn1C. The van der Waals surface area contributed by atoms with E-state index >= 15 is 0 Å². The van der Waals surface area contributed by atoms with Gasteiger partial charge in [0.25, 0.3) is 0 Å². The average molecular weight is 309 g/mol. The molecule has 0 aliphatic heterocycles. The number of aryl methyl sites for hydroxylation is 2. The van der Waals surface area contributed by atoms with Gasteiger partial charge in [0.05, 0.1) is 6.20 Å². The molecule has 6 nitrogen and oxygen atoms in total. The van der Waals surface area contributed by atoms with Crippen LogP contribution in [0.3, 0.4) is 0 Å². The van der Waals surface area contributed by atoms with Gasteiger partial charge in [0.15, 0.2) is 5.82 Å². The monoisotopic (exact) mass is 309 g/mol. The molecule has 3 rings (SSSR count). The second-order valence-corrected chi connectivity index (χ2v) is 5.53. The molecule has 0 spiro atoms. The van der Waals surface area contributed by atoms with Gasteiger partial charge in [-0.2, -0.15) is 10.2 Å². The highest BCUT2D eigenvalue weighted by molar-refractivity contribution is 5.92. The fourth-order valence-corrected chi connectivity index (χ4v) is 2.30. The maximum Gasteiger partial charge on any atom is 0.250 e. The molecular formula is C17H19N5O. The molecule has 2 aromatic heterocycles. The van der Waals surface area contributed by atoms with Gasteiger partial charge >= 0.3 is 0 Å². The van der Waals surface area contributed by atoms with E-state index in [2.05, 4.69) is 15.5 Å². The van der Waals surface area contributed by atoms with Crippen LogP contribution >= 0.6 is 0 Å². The first-order valence-electron chi connectivity index (χ1n) is 7.45. The smallest absolute Gasteiger partial charge is 0.250 e. The summed E-state index contributed by atoms with van der Waals surface area (Å²) in [7, 11) is 1.84. The zero-order chi connectivity index (χ0) is 16.4. The molecule has 6 heteroatoms. The molecule has 1 N–H and O–H groups in total. The Labute approximate surface area is 134 Å². The fraction of sp³-hybridized carbons (Fsp3) is 0.235. The number of rotatable bonds is 4. The Balaban J connectivity index is 1.74. The molecule has 118 valence electrons. The van der Waals surface area contributed by atoms with Crippen LogP contribution in [0.1, 0.15) is 18.7 Å². The van der Waals surface area contributed by atoms with E-state index in [1.165, 1.54) is 0 Å². The van der Waals surface area contributed by atoms with E-state index in [1.807, 2.05) is 63.5 Å². The third kappa shape index (κ3) is 3.15. The summed E-state index contributed by atoms with van der Waals surface area (Å²) in [6.45, 7) is 3.75. The first-order chi connectivity index (χ1) is 11.0. The van der Waals surface area contributed by atoms with Gasteiger partial charge in [-0.05, 0) is 19.4 Å². The molecule has 0 radical (unpaired) electrons. The summed E-state index contributed by atoms with van der Waals surface area (Å²) in [6, 6.07) is 11.4. The largest absolute Gasteiger partial charge is 0.307 e. The van der Waals surface area contributed by atoms with Crippen molar-refractivity contribution in [2.75, 3.05) is 5.32 Å². The van der Waals surface area contributed by atoms with Crippen molar-refractivity contribution >= 4 is 11.7 Å². The van der Waals surface area contributed by atoms with Crippen molar-refractivity contribution < 1.29 is 4.79 Å². The number of benzene rings is 1. The summed E-state index contributed by atoms with van der Waals surface area (Å²) >= 11 is 0. The Morgan fingerprint density at radius 2 is 1.96 bits per heavy atom. The summed E-state index contributed by atoms with van der Waals surface area (Å²) in [6.07, 6.45) is 3.65. The summed E-state index contributed by atoms with van der Waals surface area (Å²) < 4.78 is 3.38. The van der Waals surface area contributed by atoms with Gasteiger partial charge in [0, 0.05) is 30.6 Å². The van der Waals surface area contributed by atoms with E-state index in [9.17, 15) is 4.79 Å². The maximum atomic E-state index is 12.4. The predicted molar refractivity (Wildman–Crippen MR) is 88.9 cm³/mol. The molecule has 23 heavy (non-hydrogen) atoms. The fourth-order valence-electron chi connectivity index (χ4n) is 2.30. The van der Waals surface area contributed by atoms with Crippen LogP contribution < -0.4 is 5.32 Å². The van der Waals surface area contributed by atoms with Crippen LogP contribution in [0, 0.1) is 6.92 Å². The van der Waals surface area contributed by atoms with Crippen LogP contribution in [0.4, 0.5) is 5.82 Å². The minimum absolute atomic E-state index is 0.147. The molecule has 0 saturated heterocycles. The van der Waals surface area contributed by atoms with Crippen LogP contribution in [0.25, 0.3) is 11.1 Å². The van der Waals surface area contributed by atoms with Crippen molar-refractivity contribution in [3.63, 3.8) is 0 Å². The van der Waals surface area contributed by atoms with Crippen molar-refractivity contribution in [1.82, 2.24) is 19.6 Å². The van der Waals surface area contributed by atoms with Gasteiger partial charge in [0.1, 0.15) is 6.04 Å². The first kappa shape index (κ1) is 15.0. The molecule has 2 heterocycles. The lowest BCUT2D eigenvalue weighted by atomic mass is 10.1. The van der Waals surface area contributed by atoms with Gasteiger partial charge in [0.2, 0.25) is 5.91 Å². The Morgan fingerprint density at radius 3 is 2.61 bits per heavy atom. The van der Waals surface area contributed by atoms with Crippen LogP contribution in [-0.4, -0.2) is 25.5 Å². The number of carbonyl (C=O) groups is 1. The van der Waals surface area contributed by atoms with E-state index in [1.54, 1.807) is 15.6 Å². The minimum atomic E-state index is -0.422. The lowest BCUT2D eigenvalue weighted by Gasteiger charge is -2.11.